The number of nitrogens with zero attached hydrogens (tertiary/aromatic N) is 4. The van der Waals surface area contributed by atoms with Crippen molar-refractivity contribution in [3.8, 4) is 16.9 Å². The highest BCUT2D eigenvalue weighted by Crippen LogP contribution is 2.29. The number of ether oxygens (including phenoxy) is 2. The van der Waals surface area contributed by atoms with Gasteiger partial charge >= 0.3 is 0 Å². The molecule has 196 valence electrons. The molecule has 3 heterocycles. The Morgan fingerprint density at radius 2 is 1.70 bits per heavy atom. The summed E-state index contributed by atoms with van der Waals surface area (Å²) in [4.78, 5) is 11.2. The first kappa shape index (κ1) is 25.6. The van der Waals surface area contributed by atoms with E-state index in [0.29, 0.717) is 38.5 Å². The second-order valence-corrected chi connectivity index (χ2v) is 11.3. The van der Waals surface area contributed by atoms with Crippen molar-refractivity contribution < 1.29 is 22.3 Å². The molecular formula is C27H31FN4O4S. The summed E-state index contributed by atoms with van der Waals surface area (Å²) in [5.74, 6) is 0.747. The number of benzene rings is 2. The topological polar surface area (TPSA) is 84.9 Å². The highest BCUT2D eigenvalue weighted by molar-refractivity contribution is 7.89. The Balaban J connectivity index is 1.15. The summed E-state index contributed by atoms with van der Waals surface area (Å²) in [5.41, 5.74) is 2.52. The van der Waals surface area contributed by atoms with Gasteiger partial charge in [0.15, 0.2) is 11.6 Å². The maximum Gasteiger partial charge on any atom is 0.243 e. The van der Waals surface area contributed by atoms with E-state index in [2.05, 4.69) is 21.8 Å². The number of sulfonamides is 1. The van der Waals surface area contributed by atoms with Gasteiger partial charge in [-0.3, -0.25) is 0 Å². The number of aryl methyl sites for hydroxylation is 1. The third-order valence-electron chi connectivity index (χ3n) is 6.67. The van der Waals surface area contributed by atoms with E-state index < -0.39 is 15.8 Å². The average Bonchev–Trinajstić information content (AvgIpc) is 2.90. The zero-order valence-corrected chi connectivity index (χ0v) is 21.7. The van der Waals surface area contributed by atoms with Gasteiger partial charge in [-0.2, -0.15) is 4.31 Å². The molecule has 2 saturated heterocycles. The van der Waals surface area contributed by atoms with E-state index in [-0.39, 0.29) is 16.6 Å². The summed E-state index contributed by atoms with van der Waals surface area (Å²) in [6.07, 6.45) is 5.80. The Morgan fingerprint density at radius 1 is 1.03 bits per heavy atom. The van der Waals surface area contributed by atoms with Gasteiger partial charge in [-0.25, -0.2) is 22.8 Å². The van der Waals surface area contributed by atoms with Gasteiger partial charge in [0.2, 0.25) is 16.0 Å². The van der Waals surface area contributed by atoms with E-state index in [4.69, 9.17) is 9.47 Å². The van der Waals surface area contributed by atoms with Crippen molar-refractivity contribution in [3.05, 3.63) is 66.2 Å². The Kier molecular flexibility index (Phi) is 7.68. The maximum atomic E-state index is 14.8. The second-order valence-electron chi connectivity index (χ2n) is 9.41. The molecule has 0 aliphatic carbocycles. The number of rotatable bonds is 9. The van der Waals surface area contributed by atoms with Crippen LogP contribution in [-0.4, -0.2) is 68.7 Å². The quantitative estimate of drug-likeness (QED) is 0.420. The standard InChI is InChI=1S/C27H31FN4O4S/c1-2-3-20-15-29-27(30-16-20)31-17-21(18-31)19-36-26-9-6-23(14-25(26)28)22-4-7-24(8-5-22)37(33,34)32-10-12-35-13-11-32/h4-9,14-16,21H,2-3,10-13,17-19H2,1H3. The van der Waals surface area contributed by atoms with Crippen LogP contribution in [0.5, 0.6) is 5.75 Å². The Bertz CT molecular complexity index is 1310. The molecule has 0 saturated carbocycles. The normalized spacial score (nSPS) is 17.0. The van der Waals surface area contributed by atoms with Gasteiger partial charge in [0.1, 0.15) is 0 Å². The molecule has 10 heteroatoms. The highest BCUT2D eigenvalue weighted by atomic mass is 32.2. The minimum Gasteiger partial charge on any atom is -0.490 e. The van der Waals surface area contributed by atoms with Crippen LogP contribution in [0.25, 0.3) is 11.1 Å². The molecule has 2 aliphatic rings. The molecule has 3 aromatic rings. The van der Waals surface area contributed by atoms with Crippen LogP contribution in [0.4, 0.5) is 10.3 Å². The lowest BCUT2D eigenvalue weighted by molar-refractivity contribution is 0.0730. The van der Waals surface area contributed by atoms with Crippen molar-refractivity contribution >= 4 is 16.0 Å². The SMILES string of the molecule is CCCc1cnc(N2CC(COc3ccc(-c4ccc(S(=O)(=O)N5CCOCC5)cc4)cc3F)C2)nc1. The van der Waals surface area contributed by atoms with E-state index in [1.807, 2.05) is 12.4 Å². The van der Waals surface area contributed by atoms with Crippen molar-refractivity contribution in [2.75, 3.05) is 50.9 Å². The fraction of sp³-hybridized carbons (Fsp3) is 0.407. The predicted octanol–water partition coefficient (Wildman–Crippen LogP) is 3.77. The summed E-state index contributed by atoms with van der Waals surface area (Å²) < 4.78 is 52.8. The molecule has 1 aromatic heterocycles. The highest BCUT2D eigenvalue weighted by Gasteiger charge is 2.29. The zero-order chi connectivity index (χ0) is 25.8. The first-order chi connectivity index (χ1) is 17.9. The van der Waals surface area contributed by atoms with E-state index in [1.165, 1.54) is 10.4 Å². The first-order valence-corrected chi connectivity index (χ1v) is 14.0. The number of hydrogen-bond acceptors (Lipinski definition) is 7. The van der Waals surface area contributed by atoms with Gasteiger partial charge in [-0.1, -0.05) is 31.5 Å². The molecule has 2 aliphatic heterocycles. The molecule has 5 rings (SSSR count). The van der Waals surface area contributed by atoms with Crippen molar-refractivity contribution in [2.45, 2.75) is 24.7 Å². The van der Waals surface area contributed by atoms with Crippen LogP contribution in [0.15, 0.2) is 59.8 Å². The number of hydrogen-bond donors (Lipinski definition) is 0. The summed E-state index contributed by atoms with van der Waals surface area (Å²) >= 11 is 0. The van der Waals surface area contributed by atoms with Gasteiger partial charge in [-0.05, 0) is 47.4 Å². The number of aromatic nitrogens is 2. The van der Waals surface area contributed by atoms with Crippen molar-refractivity contribution in [1.82, 2.24) is 14.3 Å². The Morgan fingerprint density at radius 3 is 2.35 bits per heavy atom. The van der Waals surface area contributed by atoms with E-state index in [9.17, 15) is 12.8 Å². The first-order valence-electron chi connectivity index (χ1n) is 12.6. The lowest BCUT2D eigenvalue weighted by Crippen LogP contribution is -2.50. The van der Waals surface area contributed by atoms with Crippen molar-refractivity contribution in [1.29, 1.82) is 0 Å². The van der Waals surface area contributed by atoms with Crippen LogP contribution in [-0.2, 0) is 21.2 Å². The van der Waals surface area contributed by atoms with E-state index in [1.54, 1.807) is 36.4 Å². The maximum absolute atomic E-state index is 14.8. The minimum absolute atomic E-state index is 0.203. The summed E-state index contributed by atoms with van der Waals surface area (Å²) in [5, 5.41) is 0. The van der Waals surface area contributed by atoms with E-state index in [0.717, 1.165) is 43.0 Å². The van der Waals surface area contributed by atoms with Gasteiger partial charge in [0, 0.05) is 44.5 Å². The lowest BCUT2D eigenvalue weighted by Gasteiger charge is -2.38. The van der Waals surface area contributed by atoms with Gasteiger partial charge in [0.25, 0.3) is 0 Å². The van der Waals surface area contributed by atoms with Crippen LogP contribution in [0.2, 0.25) is 0 Å². The molecular weight excluding hydrogens is 495 g/mol. The van der Waals surface area contributed by atoms with Crippen LogP contribution in [0.1, 0.15) is 18.9 Å². The average molecular weight is 527 g/mol. The van der Waals surface area contributed by atoms with Crippen LogP contribution in [0, 0.1) is 11.7 Å². The lowest BCUT2D eigenvalue weighted by atomic mass is 10.0. The molecule has 37 heavy (non-hydrogen) atoms. The third kappa shape index (κ3) is 5.76. The van der Waals surface area contributed by atoms with Gasteiger partial charge in [0.05, 0.1) is 24.7 Å². The molecule has 0 unspecified atom stereocenters. The van der Waals surface area contributed by atoms with Crippen molar-refractivity contribution in [3.63, 3.8) is 0 Å². The zero-order valence-electron chi connectivity index (χ0n) is 20.8. The molecule has 0 spiro atoms. The molecule has 0 bridgehead atoms. The third-order valence-corrected chi connectivity index (χ3v) is 8.59. The summed E-state index contributed by atoms with van der Waals surface area (Å²) in [7, 11) is -3.57. The smallest absolute Gasteiger partial charge is 0.243 e. The monoisotopic (exact) mass is 526 g/mol. The van der Waals surface area contributed by atoms with Crippen LogP contribution >= 0.6 is 0 Å². The van der Waals surface area contributed by atoms with Crippen molar-refractivity contribution in [2.24, 2.45) is 5.92 Å². The Labute approximate surface area is 217 Å². The van der Waals surface area contributed by atoms with Gasteiger partial charge in [-0.15, -0.1) is 0 Å². The van der Waals surface area contributed by atoms with Crippen LogP contribution < -0.4 is 9.64 Å². The fourth-order valence-electron chi connectivity index (χ4n) is 4.53. The number of halogens is 1. The molecule has 8 nitrogen and oxygen atoms in total. The van der Waals surface area contributed by atoms with Crippen LogP contribution in [0.3, 0.4) is 0 Å². The number of anilines is 1. The van der Waals surface area contributed by atoms with Gasteiger partial charge < -0.3 is 14.4 Å². The second kappa shape index (κ2) is 11.1. The fourth-order valence-corrected chi connectivity index (χ4v) is 5.94. The molecule has 0 N–H and O–H groups in total. The summed E-state index contributed by atoms with van der Waals surface area (Å²) in [6.45, 7) is 5.55. The molecule has 0 amide bonds. The Hall–Kier alpha value is -3.08. The minimum atomic E-state index is -3.57. The largest absolute Gasteiger partial charge is 0.490 e. The molecule has 2 aromatic carbocycles. The molecule has 0 radical (unpaired) electrons. The predicted molar refractivity (Wildman–Crippen MR) is 139 cm³/mol. The molecule has 2 fully saturated rings. The van der Waals surface area contributed by atoms with E-state index >= 15 is 0 Å². The molecule has 0 atom stereocenters. The number of morpholine rings is 1. The summed E-state index contributed by atoms with van der Waals surface area (Å²) in [6, 6.07) is 11.3.